The fourth-order valence-electron chi connectivity index (χ4n) is 2.15. The maximum absolute atomic E-state index is 3.19. The molecule has 1 heteroatoms. The van der Waals surface area contributed by atoms with Crippen LogP contribution < -0.4 is 0 Å². The molecule has 0 saturated carbocycles. The Balaban J connectivity index is 1.84. The highest BCUT2D eigenvalue weighted by molar-refractivity contribution is 5.61. The van der Waals surface area contributed by atoms with Crippen molar-refractivity contribution in [2.24, 2.45) is 7.05 Å². The molecule has 1 nitrogen and oxygen atoms in total. The van der Waals surface area contributed by atoms with E-state index in [4.69, 9.17) is 0 Å². The molecular formula is C19H15N. The molecule has 0 amide bonds. The highest BCUT2D eigenvalue weighted by atomic mass is 14.9. The molecule has 20 heavy (non-hydrogen) atoms. The summed E-state index contributed by atoms with van der Waals surface area (Å²) in [4.78, 5) is 0. The molecule has 1 aromatic heterocycles. The fraction of sp³-hybridized carbons (Fsp3) is 0.0526. The molecular weight excluding hydrogens is 242 g/mol. The fourth-order valence-corrected chi connectivity index (χ4v) is 2.15. The summed E-state index contributed by atoms with van der Waals surface area (Å²) in [6, 6.07) is 22.6. The van der Waals surface area contributed by atoms with E-state index in [2.05, 4.69) is 66.1 Å². The van der Waals surface area contributed by atoms with Crippen LogP contribution in [0.2, 0.25) is 0 Å². The lowest BCUT2D eigenvalue weighted by atomic mass is 10.1. The molecule has 3 aromatic rings. The molecule has 0 saturated heterocycles. The zero-order valence-electron chi connectivity index (χ0n) is 11.4. The Bertz CT molecular complexity index is 753. The molecule has 0 radical (unpaired) electrons. The van der Waals surface area contributed by atoms with E-state index in [9.17, 15) is 0 Å². The second-order valence-corrected chi connectivity index (χ2v) is 4.70. The van der Waals surface area contributed by atoms with Crippen LogP contribution in [-0.2, 0) is 7.05 Å². The van der Waals surface area contributed by atoms with Crippen LogP contribution in [0.5, 0.6) is 0 Å². The maximum atomic E-state index is 3.19. The number of aromatic nitrogens is 1. The molecule has 0 aliphatic rings. The van der Waals surface area contributed by atoms with Gasteiger partial charge >= 0.3 is 0 Å². The first kappa shape index (κ1) is 12.3. The van der Waals surface area contributed by atoms with Gasteiger partial charge in [-0.25, -0.2) is 0 Å². The van der Waals surface area contributed by atoms with Gasteiger partial charge < -0.3 is 4.57 Å². The summed E-state index contributed by atoms with van der Waals surface area (Å²) in [5, 5.41) is 0. The second kappa shape index (κ2) is 5.50. The third kappa shape index (κ3) is 2.65. The van der Waals surface area contributed by atoms with Gasteiger partial charge in [0.15, 0.2) is 0 Å². The molecule has 2 aromatic carbocycles. The van der Waals surface area contributed by atoms with Crippen molar-refractivity contribution in [3.63, 3.8) is 0 Å². The summed E-state index contributed by atoms with van der Waals surface area (Å²) >= 11 is 0. The van der Waals surface area contributed by atoms with Crippen molar-refractivity contribution in [3.05, 3.63) is 84.1 Å². The molecule has 1 heterocycles. The molecule has 96 valence electrons. The van der Waals surface area contributed by atoms with E-state index < -0.39 is 0 Å². The minimum absolute atomic E-state index is 1.03. The SMILES string of the molecule is Cn1cccc1-c1ccc(C#Cc2ccccc2)cc1. The smallest absolute Gasteiger partial charge is 0.0477 e. The quantitative estimate of drug-likeness (QED) is 0.579. The van der Waals surface area contributed by atoms with Gasteiger partial charge in [0.1, 0.15) is 0 Å². The number of hydrogen-bond donors (Lipinski definition) is 0. The zero-order valence-corrected chi connectivity index (χ0v) is 11.4. The summed E-state index contributed by atoms with van der Waals surface area (Å²) < 4.78 is 2.12. The van der Waals surface area contributed by atoms with E-state index in [0.29, 0.717) is 0 Å². The van der Waals surface area contributed by atoms with Crippen molar-refractivity contribution in [2.75, 3.05) is 0 Å². The zero-order chi connectivity index (χ0) is 13.8. The van der Waals surface area contributed by atoms with Gasteiger partial charge in [-0.15, -0.1) is 0 Å². The van der Waals surface area contributed by atoms with Crippen molar-refractivity contribution in [1.82, 2.24) is 4.57 Å². The minimum Gasteiger partial charge on any atom is -0.351 e. The lowest BCUT2D eigenvalue weighted by Crippen LogP contribution is -1.88. The number of nitrogens with zero attached hydrogens (tertiary/aromatic N) is 1. The van der Waals surface area contributed by atoms with Gasteiger partial charge in [0.05, 0.1) is 0 Å². The second-order valence-electron chi connectivity index (χ2n) is 4.70. The molecule has 0 bridgehead atoms. The summed E-state index contributed by atoms with van der Waals surface area (Å²) in [5.41, 5.74) is 4.50. The first-order chi connectivity index (χ1) is 9.83. The predicted octanol–water partition coefficient (Wildman–Crippen LogP) is 4.09. The van der Waals surface area contributed by atoms with Crippen LogP contribution in [0, 0.1) is 11.8 Å². The van der Waals surface area contributed by atoms with E-state index in [0.717, 1.165) is 11.1 Å². The van der Waals surface area contributed by atoms with Crippen LogP contribution >= 0.6 is 0 Å². The average Bonchev–Trinajstić information content (AvgIpc) is 2.93. The highest BCUT2D eigenvalue weighted by Crippen LogP contribution is 2.19. The van der Waals surface area contributed by atoms with E-state index in [1.54, 1.807) is 0 Å². The van der Waals surface area contributed by atoms with Crippen LogP contribution in [0.25, 0.3) is 11.3 Å². The molecule has 0 atom stereocenters. The summed E-state index contributed by atoms with van der Waals surface area (Å²) in [6.07, 6.45) is 2.05. The predicted molar refractivity (Wildman–Crippen MR) is 83.3 cm³/mol. The highest BCUT2D eigenvalue weighted by Gasteiger charge is 2.00. The van der Waals surface area contributed by atoms with Crippen LogP contribution in [0.4, 0.5) is 0 Å². The van der Waals surface area contributed by atoms with Gasteiger partial charge in [-0.05, 0) is 42.0 Å². The Kier molecular flexibility index (Phi) is 3.39. The van der Waals surface area contributed by atoms with Gasteiger partial charge in [0.25, 0.3) is 0 Å². The Morgan fingerprint density at radius 2 is 1.35 bits per heavy atom. The first-order valence-corrected chi connectivity index (χ1v) is 6.62. The van der Waals surface area contributed by atoms with Gasteiger partial charge in [-0.1, -0.05) is 42.2 Å². The van der Waals surface area contributed by atoms with Crippen LogP contribution in [0.1, 0.15) is 11.1 Å². The molecule has 3 rings (SSSR count). The summed E-state index contributed by atoms with van der Waals surface area (Å²) in [6.45, 7) is 0. The van der Waals surface area contributed by atoms with Crippen LogP contribution in [0.15, 0.2) is 72.9 Å². The van der Waals surface area contributed by atoms with Crippen molar-refractivity contribution < 1.29 is 0 Å². The number of rotatable bonds is 1. The molecule has 0 fully saturated rings. The minimum atomic E-state index is 1.03. The van der Waals surface area contributed by atoms with Gasteiger partial charge in [-0.3, -0.25) is 0 Å². The van der Waals surface area contributed by atoms with Crippen LogP contribution in [-0.4, -0.2) is 4.57 Å². The largest absolute Gasteiger partial charge is 0.351 e. The Labute approximate surface area is 119 Å². The lowest BCUT2D eigenvalue weighted by Gasteiger charge is -2.03. The Morgan fingerprint density at radius 1 is 0.700 bits per heavy atom. The molecule has 0 spiro atoms. The Morgan fingerprint density at radius 3 is 1.95 bits per heavy atom. The number of benzene rings is 2. The molecule has 0 aliphatic heterocycles. The van der Waals surface area contributed by atoms with Crippen molar-refractivity contribution in [3.8, 4) is 23.1 Å². The molecule has 0 aliphatic carbocycles. The normalized spacial score (nSPS) is 9.85. The van der Waals surface area contributed by atoms with Gasteiger partial charge in [-0.2, -0.15) is 0 Å². The molecule has 0 unspecified atom stereocenters. The van der Waals surface area contributed by atoms with E-state index in [-0.39, 0.29) is 0 Å². The van der Waals surface area contributed by atoms with E-state index >= 15 is 0 Å². The summed E-state index contributed by atoms with van der Waals surface area (Å²) in [5.74, 6) is 6.36. The number of hydrogen-bond acceptors (Lipinski definition) is 0. The molecule has 0 N–H and O–H groups in total. The monoisotopic (exact) mass is 257 g/mol. The van der Waals surface area contributed by atoms with Crippen molar-refractivity contribution in [1.29, 1.82) is 0 Å². The average molecular weight is 257 g/mol. The third-order valence-corrected chi connectivity index (χ3v) is 3.25. The topological polar surface area (TPSA) is 4.93 Å². The van der Waals surface area contributed by atoms with Gasteiger partial charge in [0, 0.05) is 30.1 Å². The number of aryl methyl sites for hydroxylation is 1. The standard InChI is InChI=1S/C19H15N/c1-20-15-5-8-19(20)18-13-11-17(12-14-18)10-9-16-6-3-2-4-7-16/h2-8,11-15H,1H3. The van der Waals surface area contributed by atoms with Crippen molar-refractivity contribution >= 4 is 0 Å². The lowest BCUT2D eigenvalue weighted by molar-refractivity contribution is 0.937. The van der Waals surface area contributed by atoms with Crippen LogP contribution in [0.3, 0.4) is 0 Å². The summed E-state index contributed by atoms with van der Waals surface area (Å²) in [7, 11) is 2.05. The van der Waals surface area contributed by atoms with Gasteiger partial charge in [0.2, 0.25) is 0 Å². The third-order valence-electron chi connectivity index (χ3n) is 3.25. The maximum Gasteiger partial charge on any atom is 0.0477 e. The Hall–Kier alpha value is -2.72. The van der Waals surface area contributed by atoms with E-state index in [1.165, 1.54) is 11.3 Å². The van der Waals surface area contributed by atoms with Crippen molar-refractivity contribution in [2.45, 2.75) is 0 Å². The first-order valence-electron chi connectivity index (χ1n) is 6.62. The van der Waals surface area contributed by atoms with E-state index in [1.807, 2.05) is 30.3 Å².